The minimum absolute atomic E-state index is 0.0618. The second kappa shape index (κ2) is 6.09. The van der Waals surface area contributed by atoms with Gasteiger partial charge in [-0.15, -0.1) is 11.3 Å². The van der Waals surface area contributed by atoms with Crippen molar-refractivity contribution in [2.75, 3.05) is 5.32 Å². The monoisotopic (exact) mass is 357 g/mol. The predicted molar refractivity (Wildman–Crippen MR) is 80.7 cm³/mol. The maximum Gasteiger partial charge on any atom is 0.419 e. The first-order valence-electron chi connectivity index (χ1n) is 6.16. The lowest BCUT2D eigenvalue weighted by Gasteiger charge is -2.13. The summed E-state index contributed by atoms with van der Waals surface area (Å²) in [5.74, 6) is 0.583. The molecule has 23 heavy (non-hydrogen) atoms. The quantitative estimate of drug-likeness (QED) is 0.703. The number of thiazole rings is 1. The van der Waals surface area contributed by atoms with Crippen molar-refractivity contribution in [1.82, 2.24) is 19.9 Å². The zero-order valence-electron chi connectivity index (χ0n) is 11.2. The van der Waals surface area contributed by atoms with Crippen molar-refractivity contribution >= 4 is 34.4 Å². The van der Waals surface area contributed by atoms with Crippen LogP contribution in [-0.4, -0.2) is 19.9 Å². The molecule has 0 bridgehead atoms. The minimum Gasteiger partial charge on any atom is -0.338 e. The molecular weight excluding hydrogens is 351 g/mol. The summed E-state index contributed by atoms with van der Waals surface area (Å²) in [5, 5.41) is 2.58. The molecule has 0 unspecified atom stereocenters. The van der Waals surface area contributed by atoms with Gasteiger partial charge in [0.25, 0.3) is 0 Å². The van der Waals surface area contributed by atoms with Crippen LogP contribution in [0.2, 0.25) is 5.15 Å². The third-order valence-electron chi connectivity index (χ3n) is 2.77. The molecule has 0 amide bonds. The summed E-state index contributed by atoms with van der Waals surface area (Å²) in [5.41, 5.74) is 0.319. The molecule has 0 aliphatic carbocycles. The number of aromatic nitrogens is 4. The Morgan fingerprint density at radius 1 is 1.09 bits per heavy atom. The largest absolute Gasteiger partial charge is 0.419 e. The molecule has 3 rings (SSSR count). The van der Waals surface area contributed by atoms with Crippen molar-refractivity contribution in [3.63, 3.8) is 0 Å². The highest BCUT2D eigenvalue weighted by atomic mass is 35.5. The minimum atomic E-state index is -4.57. The molecule has 118 valence electrons. The van der Waals surface area contributed by atoms with Gasteiger partial charge in [-0.2, -0.15) is 13.2 Å². The molecule has 0 aromatic carbocycles. The molecule has 3 aromatic heterocycles. The lowest BCUT2D eigenvalue weighted by Crippen LogP contribution is -2.10. The molecule has 1 N–H and O–H groups in total. The Morgan fingerprint density at radius 3 is 2.52 bits per heavy atom. The van der Waals surface area contributed by atoms with Crippen LogP contribution in [0, 0.1) is 0 Å². The number of alkyl halides is 3. The van der Waals surface area contributed by atoms with Gasteiger partial charge in [-0.25, -0.2) is 19.9 Å². The van der Waals surface area contributed by atoms with Crippen molar-refractivity contribution in [3.8, 4) is 10.7 Å². The summed E-state index contributed by atoms with van der Waals surface area (Å²) in [7, 11) is 0. The fourth-order valence-electron chi connectivity index (χ4n) is 1.80. The number of anilines is 2. The number of nitrogens with zero attached hydrogens (tertiary/aromatic N) is 4. The van der Waals surface area contributed by atoms with Crippen molar-refractivity contribution in [2.45, 2.75) is 6.18 Å². The zero-order valence-corrected chi connectivity index (χ0v) is 12.7. The van der Waals surface area contributed by atoms with Crippen molar-refractivity contribution < 1.29 is 13.2 Å². The van der Waals surface area contributed by atoms with Crippen LogP contribution >= 0.6 is 22.9 Å². The fraction of sp³-hybridized carbons (Fsp3) is 0.0769. The van der Waals surface area contributed by atoms with Gasteiger partial charge < -0.3 is 5.32 Å². The Labute approximate surface area is 137 Å². The topological polar surface area (TPSA) is 63.6 Å². The first-order chi connectivity index (χ1) is 10.9. The number of hydrogen-bond acceptors (Lipinski definition) is 6. The Hall–Kier alpha value is -2.26. The molecular formula is C13H7ClF3N5S. The smallest absolute Gasteiger partial charge is 0.338 e. The molecule has 10 heteroatoms. The summed E-state index contributed by atoms with van der Waals surface area (Å²) in [6.45, 7) is 0. The zero-order chi connectivity index (χ0) is 16.4. The molecule has 5 nitrogen and oxygen atoms in total. The average Bonchev–Trinajstić information content (AvgIpc) is 2.95. The van der Waals surface area contributed by atoms with Crippen LogP contribution in [0.15, 0.2) is 36.2 Å². The van der Waals surface area contributed by atoms with Gasteiger partial charge in [0.05, 0.1) is 16.8 Å². The first-order valence-corrected chi connectivity index (χ1v) is 7.41. The van der Waals surface area contributed by atoms with Crippen LogP contribution in [0.4, 0.5) is 24.7 Å². The van der Waals surface area contributed by atoms with Crippen molar-refractivity contribution in [1.29, 1.82) is 0 Å². The SMILES string of the molecule is FC(F)(F)c1cnc(Cl)cc1Nc1ncsc1-c1ncccn1. The third kappa shape index (κ3) is 3.40. The summed E-state index contributed by atoms with van der Waals surface area (Å²) in [6, 6.07) is 2.74. The van der Waals surface area contributed by atoms with E-state index in [2.05, 4.69) is 25.3 Å². The van der Waals surface area contributed by atoms with E-state index in [1.54, 1.807) is 6.07 Å². The fourth-order valence-corrected chi connectivity index (χ4v) is 2.64. The van der Waals surface area contributed by atoms with E-state index >= 15 is 0 Å². The van der Waals surface area contributed by atoms with Gasteiger partial charge in [0.1, 0.15) is 10.0 Å². The molecule has 0 atom stereocenters. The van der Waals surface area contributed by atoms with E-state index in [1.807, 2.05) is 0 Å². The second-order valence-corrected chi connectivity index (χ2v) is 5.52. The number of rotatable bonds is 3. The first kappa shape index (κ1) is 15.6. The van der Waals surface area contributed by atoms with E-state index in [0.717, 1.165) is 6.07 Å². The molecule has 0 saturated carbocycles. The van der Waals surface area contributed by atoms with E-state index < -0.39 is 11.7 Å². The van der Waals surface area contributed by atoms with E-state index in [1.165, 1.54) is 29.2 Å². The summed E-state index contributed by atoms with van der Waals surface area (Å²) < 4.78 is 39.2. The van der Waals surface area contributed by atoms with Crippen molar-refractivity contribution in [2.24, 2.45) is 0 Å². The average molecular weight is 358 g/mol. The van der Waals surface area contributed by atoms with Gasteiger partial charge in [-0.05, 0) is 12.1 Å². The molecule has 3 heterocycles. The molecule has 0 radical (unpaired) electrons. The van der Waals surface area contributed by atoms with Gasteiger partial charge >= 0.3 is 6.18 Å². The highest BCUT2D eigenvalue weighted by molar-refractivity contribution is 7.13. The second-order valence-electron chi connectivity index (χ2n) is 4.28. The molecule has 0 spiro atoms. The summed E-state index contributed by atoms with van der Waals surface area (Å²) in [6.07, 6.45) is -0.818. The number of hydrogen-bond donors (Lipinski definition) is 1. The standard InChI is InChI=1S/C13H7ClF3N5S/c14-9-4-8(7(5-20-9)13(15,16)17)22-12-10(23-6-21-12)11-18-2-1-3-19-11/h1-6H,(H,20,22). The molecule has 0 fully saturated rings. The normalized spacial score (nSPS) is 11.5. The van der Waals surface area contributed by atoms with E-state index in [-0.39, 0.29) is 16.7 Å². The molecule has 0 saturated heterocycles. The lowest BCUT2D eigenvalue weighted by atomic mass is 10.2. The Morgan fingerprint density at radius 2 is 1.83 bits per heavy atom. The van der Waals surface area contributed by atoms with E-state index in [9.17, 15) is 13.2 Å². The highest BCUT2D eigenvalue weighted by Crippen LogP contribution is 2.38. The predicted octanol–water partition coefficient (Wildman–Crippen LogP) is 4.41. The van der Waals surface area contributed by atoms with Gasteiger partial charge in [-0.3, -0.25) is 0 Å². The molecule has 3 aromatic rings. The van der Waals surface area contributed by atoms with Crippen LogP contribution in [-0.2, 0) is 6.18 Å². The van der Waals surface area contributed by atoms with Crippen LogP contribution in [0.1, 0.15) is 5.56 Å². The maximum atomic E-state index is 13.1. The Balaban J connectivity index is 2.02. The summed E-state index contributed by atoms with van der Waals surface area (Å²) in [4.78, 5) is 16.2. The number of pyridine rings is 1. The number of nitrogens with one attached hydrogen (secondary N) is 1. The van der Waals surface area contributed by atoms with Gasteiger partial charge in [-0.1, -0.05) is 11.6 Å². The lowest BCUT2D eigenvalue weighted by molar-refractivity contribution is -0.137. The third-order valence-corrected chi connectivity index (χ3v) is 3.79. The van der Waals surface area contributed by atoms with Gasteiger partial charge in [0, 0.05) is 18.6 Å². The number of halogens is 4. The van der Waals surface area contributed by atoms with E-state index in [4.69, 9.17) is 11.6 Å². The Bertz CT molecular complexity index is 822. The Kier molecular flexibility index (Phi) is 4.14. The summed E-state index contributed by atoms with van der Waals surface area (Å²) >= 11 is 6.91. The van der Waals surface area contributed by atoms with Crippen LogP contribution < -0.4 is 5.32 Å². The highest BCUT2D eigenvalue weighted by Gasteiger charge is 2.34. The van der Waals surface area contributed by atoms with E-state index in [0.29, 0.717) is 16.9 Å². The maximum absolute atomic E-state index is 13.1. The molecule has 0 aliphatic heterocycles. The van der Waals surface area contributed by atoms with Crippen LogP contribution in [0.5, 0.6) is 0 Å². The van der Waals surface area contributed by atoms with Gasteiger partial charge in [0.2, 0.25) is 0 Å². The van der Waals surface area contributed by atoms with Crippen LogP contribution in [0.25, 0.3) is 10.7 Å². The van der Waals surface area contributed by atoms with Gasteiger partial charge in [0.15, 0.2) is 11.6 Å². The van der Waals surface area contributed by atoms with Crippen molar-refractivity contribution in [3.05, 3.63) is 47.0 Å². The molecule has 0 aliphatic rings. The van der Waals surface area contributed by atoms with Crippen LogP contribution in [0.3, 0.4) is 0 Å².